The average Bonchev–Trinajstić information content (AvgIpc) is 2.54. The van der Waals surface area contributed by atoms with E-state index >= 15 is 0 Å². The van der Waals surface area contributed by atoms with Crippen molar-refractivity contribution >= 4 is 10.0 Å². The fourth-order valence-corrected chi connectivity index (χ4v) is 2.72. The predicted molar refractivity (Wildman–Crippen MR) is 90.8 cm³/mol. The third-order valence-electron chi connectivity index (χ3n) is 3.81. The van der Waals surface area contributed by atoms with E-state index in [-0.39, 0.29) is 10.9 Å². The fourth-order valence-electron chi connectivity index (χ4n) is 2.21. The molecule has 0 heterocycles. The highest BCUT2D eigenvalue weighted by Crippen LogP contribution is 2.20. The van der Waals surface area contributed by atoms with Gasteiger partial charge < -0.3 is 4.74 Å². The summed E-state index contributed by atoms with van der Waals surface area (Å²) in [6, 6.07) is 16.5. The first-order valence-corrected chi connectivity index (χ1v) is 8.93. The SMILES string of the molecule is C[C@H](c1ccc(S(N)(=O)=O)cc1)N(C)CCOc1ccccc1. The summed E-state index contributed by atoms with van der Waals surface area (Å²) in [6.07, 6.45) is 0. The van der Waals surface area contributed by atoms with Crippen molar-refractivity contribution < 1.29 is 13.2 Å². The minimum atomic E-state index is -3.64. The van der Waals surface area contributed by atoms with Crippen molar-refractivity contribution in [2.75, 3.05) is 20.2 Å². The molecule has 0 aromatic heterocycles. The third-order valence-corrected chi connectivity index (χ3v) is 4.74. The Morgan fingerprint density at radius 1 is 1.09 bits per heavy atom. The van der Waals surface area contributed by atoms with Crippen LogP contribution in [-0.2, 0) is 10.0 Å². The summed E-state index contributed by atoms with van der Waals surface area (Å²) in [4.78, 5) is 2.28. The van der Waals surface area contributed by atoms with E-state index in [1.807, 2.05) is 37.4 Å². The van der Waals surface area contributed by atoms with Gasteiger partial charge in [-0.2, -0.15) is 0 Å². The minimum Gasteiger partial charge on any atom is -0.492 e. The number of para-hydroxylation sites is 1. The number of sulfonamides is 1. The summed E-state index contributed by atoms with van der Waals surface area (Å²) >= 11 is 0. The van der Waals surface area contributed by atoms with Crippen LogP contribution < -0.4 is 9.88 Å². The standard InChI is InChI=1S/C17H22N2O3S/c1-14(15-8-10-17(11-9-15)23(18,20)21)19(2)12-13-22-16-6-4-3-5-7-16/h3-11,14H,12-13H2,1-2H3,(H2,18,20,21)/t14-/m1/s1. The Hall–Kier alpha value is -1.89. The molecular weight excluding hydrogens is 312 g/mol. The molecule has 23 heavy (non-hydrogen) atoms. The van der Waals surface area contributed by atoms with Crippen molar-refractivity contribution in [3.05, 3.63) is 60.2 Å². The summed E-state index contributed by atoms with van der Waals surface area (Å²) in [6.45, 7) is 3.40. The average molecular weight is 334 g/mol. The monoisotopic (exact) mass is 334 g/mol. The fraction of sp³-hybridized carbons (Fsp3) is 0.294. The Kier molecular flexibility index (Phi) is 5.76. The van der Waals surface area contributed by atoms with Crippen molar-refractivity contribution in [1.82, 2.24) is 4.90 Å². The maximum atomic E-state index is 11.3. The molecule has 0 saturated carbocycles. The molecule has 1 atom stereocenters. The van der Waals surface area contributed by atoms with Gasteiger partial charge in [0.15, 0.2) is 0 Å². The quantitative estimate of drug-likeness (QED) is 0.844. The van der Waals surface area contributed by atoms with Gasteiger partial charge in [0, 0.05) is 12.6 Å². The number of nitrogens with zero attached hydrogens (tertiary/aromatic N) is 1. The van der Waals surface area contributed by atoms with Crippen molar-refractivity contribution in [3.63, 3.8) is 0 Å². The second-order valence-corrected chi connectivity index (χ2v) is 6.99. The molecule has 0 radical (unpaired) electrons. The first-order valence-electron chi connectivity index (χ1n) is 7.39. The van der Waals surface area contributed by atoms with E-state index in [0.717, 1.165) is 17.9 Å². The van der Waals surface area contributed by atoms with Gasteiger partial charge in [-0.25, -0.2) is 13.6 Å². The van der Waals surface area contributed by atoms with Gasteiger partial charge in [-0.3, -0.25) is 4.90 Å². The number of hydrogen-bond donors (Lipinski definition) is 1. The van der Waals surface area contributed by atoms with Crippen LogP contribution in [0.15, 0.2) is 59.5 Å². The molecule has 0 amide bonds. The highest BCUT2D eigenvalue weighted by molar-refractivity contribution is 7.89. The van der Waals surface area contributed by atoms with E-state index in [1.54, 1.807) is 12.1 Å². The second-order valence-electron chi connectivity index (χ2n) is 5.43. The van der Waals surface area contributed by atoms with E-state index in [4.69, 9.17) is 9.88 Å². The van der Waals surface area contributed by atoms with Gasteiger partial charge in [0.05, 0.1) is 4.90 Å². The molecule has 0 unspecified atom stereocenters. The maximum Gasteiger partial charge on any atom is 0.238 e. The highest BCUT2D eigenvalue weighted by Gasteiger charge is 2.13. The number of primary sulfonamides is 1. The number of nitrogens with two attached hydrogens (primary N) is 1. The largest absolute Gasteiger partial charge is 0.492 e. The molecule has 5 nitrogen and oxygen atoms in total. The lowest BCUT2D eigenvalue weighted by Gasteiger charge is -2.25. The zero-order valence-electron chi connectivity index (χ0n) is 13.3. The van der Waals surface area contributed by atoms with E-state index in [1.165, 1.54) is 12.1 Å². The molecule has 0 aliphatic carbocycles. The van der Waals surface area contributed by atoms with Crippen LogP contribution >= 0.6 is 0 Å². The van der Waals surface area contributed by atoms with Crippen molar-refractivity contribution in [1.29, 1.82) is 0 Å². The molecule has 2 N–H and O–H groups in total. The molecule has 0 fully saturated rings. The van der Waals surface area contributed by atoms with Crippen LogP contribution in [0.2, 0.25) is 0 Å². The number of ether oxygens (including phenoxy) is 1. The van der Waals surface area contributed by atoms with Crippen LogP contribution in [0.5, 0.6) is 5.75 Å². The molecule has 2 aromatic rings. The first kappa shape index (κ1) is 17.5. The van der Waals surface area contributed by atoms with E-state index in [0.29, 0.717) is 6.61 Å². The second kappa shape index (κ2) is 7.59. The molecule has 2 rings (SSSR count). The molecule has 0 saturated heterocycles. The topological polar surface area (TPSA) is 72.6 Å². The van der Waals surface area contributed by atoms with Crippen LogP contribution in [0.3, 0.4) is 0 Å². The molecule has 0 aliphatic heterocycles. The summed E-state index contributed by atoms with van der Waals surface area (Å²) in [5.74, 6) is 0.853. The van der Waals surface area contributed by atoms with Crippen molar-refractivity contribution in [3.8, 4) is 5.75 Å². The minimum absolute atomic E-state index is 0.128. The Balaban J connectivity index is 1.90. The van der Waals surface area contributed by atoms with Crippen molar-refractivity contribution in [2.24, 2.45) is 5.14 Å². The number of hydrogen-bond acceptors (Lipinski definition) is 4. The molecular formula is C17H22N2O3S. The summed E-state index contributed by atoms with van der Waals surface area (Å²) in [7, 11) is -1.64. The van der Waals surface area contributed by atoms with E-state index < -0.39 is 10.0 Å². The molecule has 2 aromatic carbocycles. The van der Waals surface area contributed by atoms with Crippen LogP contribution in [0, 0.1) is 0 Å². The summed E-state index contributed by atoms with van der Waals surface area (Å²) in [5, 5.41) is 5.11. The number of benzene rings is 2. The van der Waals surface area contributed by atoms with Crippen LogP contribution in [0.4, 0.5) is 0 Å². The zero-order valence-corrected chi connectivity index (χ0v) is 14.2. The van der Waals surface area contributed by atoms with E-state index in [9.17, 15) is 8.42 Å². The Morgan fingerprint density at radius 2 is 1.70 bits per heavy atom. The highest BCUT2D eigenvalue weighted by atomic mass is 32.2. The molecule has 124 valence electrons. The number of likely N-dealkylation sites (N-methyl/N-ethyl adjacent to an activating group) is 1. The van der Waals surface area contributed by atoms with Gasteiger partial charge in [-0.05, 0) is 43.8 Å². The van der Waals surface area contributed by atoms with Crippen LogP contribution in [0.1, 0.15) is 18.5 Å². The first-order chi connectivity index (χ1) is 10.9. The van der Waals surface area contributed by atoms with Gasteiger partial charge >= 0.3 is 0 Å². The third kappa shape index (κ3) is 5.06. The lowest BCUT2D eigenvalue weighted by Crippen LogP contribution is -2.27. The van der Waals surface area contributed by atoms with Gasteiger partial charge in [-0.15, -0.1) is 0 Å². The molecule has 0 spiro atoms. The normalized spacial score (nSPS) is 13.0. The Morgan fingerprint density at radius 3 is 2.26 bits per heavy atom. The van der Waals surface area contributed by atoms with Gasteiger partial charge in [0.25, 0.3) is 0 Å². The Bertz CT molecular complexity index is 715. The zero-order chi connectivity index (χ0) is 16.9. The summed E-state index contributed by atoms with van der Waals surface area (Å²) in [5.41, 5.74) is 1.03. The van der Waals surface area contributed by atoms with Crippen molar-refractivity contribution in [2.45, 2.75) is 17.9 Å². The molecule has 6 heteroatoms. The van der Waals surface area contributed by atoms with Gasteiger partial charge in [-0.1, -0.05) is 30.3 Å². The van der Waals surface area contributed by atoms with Gasteiger partial charge in [0.2, 0.25) is 10.0 Å². The van der Waals surface area contributed by atoms with E-state index in [2.05, 4.69) is 11.8 Å². The summed E-state index contributed by atoms with van der Waals surface area (Å²) < 4.78 is 28.2. The smallest absolute Gasteiger partial charge is 0.238 e. The number of rotatable bonds is 7. The molecule has 0 aliphatic rings. The lowest BCUT2D eigenvalue weighted by molar-refractivity contribution is 0.201. The predicted octanol–water partition coefficient (Wildman–Crippen LogP) is 2.41. The van der Waals surface area contributed by atoms with Crippen LogP contribution in [0.25, 0.3) is 0 Å². The Labute approximate surface area is 137 Å². The lowest BCUT2D eigenvalue weighted by atomic mass is 10.1. The molecule has 0 bridgehead atoms. The van der Waals surface area contributed by atoms with Gasteiger partial charge in [0.1, 0.15) is 12.4 Å². The maximum absolute atomic E-state index is 11.3. The van der Waals surface area contributed by atoms with Crippen LogP contribution in [-0.4, -0.2) is 33.5 Å².